The zero-order valence-corrected chi connectivity index (χ0v) is 7.93. The fourth-order valence-electron chi connectivity index (χ4n) is 1.80. The summed E-state index contributed by atoms with van der Waals surface area (Å²) in [7, 11) is 2.22. The van der Waals surface area contributed by atoms with Crippen LogP contribution in [0.5, 0.6) is 0 Å². The zero-order chi connectivity index (χ0) is 8.27. The number of hydrogen-bond acceptors (Lipinski definition) is 2. The number of piperidine rings is 1. The molecule has 1 saturated heterocycles. The molecule has 1 aliphatic heterocycles. The smallest absolute Gasteiger partial charge is 0.0243 e. The molecule has 0 aromatic heterocycles. The van der Waals surface area contributed by atoms with Crippen molar-refractivity contribution in [1.82, 2.24) is 10.2 Å². The third-order valence-electron chi connectivity index (χ3n) is 2.85. The Morgan fingerprint density at radius 1 is 1.55 bits per heavy atom. The van der Waals surface area contributed by atoms with E-state index in [9.17, 15) is 0 Å². The Morgan fingerprint density at radius 3 is 2.82 bits per heavy atom. The summed E-state index contributed by atoms with van der Waals surface area (Å²) in [6.45, 7) is 8.12. The molecule has 2 unspecified atom stereocenters. The molecule has 0 saturated carbocycles. The highest BCUT2D eigenvalue weighted by molar-refractivity contribution is 4.81. The molecule has 0 radical (unpaired) electrons. The topological polar surface area (TPSA) is 15.3 Å². The molecular weight excluding hydrogens is 136 g/mol. The molecule has 1 N–H and O–H groups in total. The van der Waals surface area contributed by atoms with Crippen molar-refractivity contribution < 1.29 is 0 Å². The van der Waals surface area contributed by atoms with Gasteiger partial charge in [-0.25, -0.2) is 0 Å². The predicted octanol–water partition coefficient (Wildman–Crippen LogP) is 0.936. The van der Waals surface area contributed by atoms with E-state index in [1.54, 1.807) is 0 Å². The van der Waals surface area contributed by atoms with E-state index >= 15 is 0 Å². The van der Waals surface area contributed by atoms with E-state index in [1.165, 1.54) is 19.5 Å². The summed E-state index contributed by atoms with van der Waals surface area (Å²) < 4.78 is 0. The SMILES string of the molecule is CCN(C)C1CNCCC1C. The van der Waals surface area contributed by atoms with Crippen LogP contribution in [-0.4, -0.2) is 37.6 Å². The first kappa shape index (κ1) is 9.01. The third kappa shape index (κ3) is 2.17. The van der Waals surface area contributed by atoms with Gasteiger partial charge in [0.25, 0.3) is 0 Å². The largest absolute Gasteiger partial charge is 0.315 e. The maximum atomic E-state index is 3.44. The molecule has 66 valence electrons. The molecule has 1 aliphatic rings. The van der Waals surface area contributed by atoms with Gasteiger partial charge in [-0.3, -0.25) is 0 Å². The summed E-state index contributed by atoms with van der Waals surface area (Å²) >= 11 is 0. The van der Waals surface area contributed by atoms with E-state index in [2.05, 4.69) is 31.1 Å². The predicted molar refractivity (Wildman–Crippen MR) is 48.7 cm³/mol. The standard InChI is InChI=1S/C9H20N2/c1-4-11(3)9-7-10-6-5-8(9)2/h8-10H,4-7H2,1-3H3. The zero-order valence-electron chi connectivity index (χ0n) is 7.93. The fraction of sp³-hybridized carbons (Fsp3) is 1.00. The first-order chi connectivity index (χ1) is 5.25. The van der Waals surface area contributed by atoms with Gasteiger partial charge in [-0.2, -0.15) is 0 Å². The maximum Gasteiger partial charge on any atom is 0.0243 e. The van der Waals surface area contributed by atoms with Crippen molar-refractivity contribution in [3.05, 3.63) is 0 Å². The molecule has 11 heavy (non-hydrogen) atoms. The highest BCUT2D eigenvalue weighted by atomic mass is 15.2. The average Bonchev–Trinajstić information content (AvgIpc) is 2.04. The molecule has 1 heterocycles. The molecule has 1 rings (SSSR count). The van der Waals surface area contributed by atoms with Crippen molar-refractivity contribution in [3.8, 4) is 0 Å². The molecule has 1 fully saturated rings. The van der Waals surface area contributed by atoms with Gasteiger partial charge in [-0.05, 0) is 32.5 Å². The van der Waals surface area contributed by atoms with Crippen molar-refractivity contribution in [2.24, 2.45) is 5.92 Å². The lowest BCUT2D eigenvalue weighted by atomic mass is 9.94. The minimum atomic E-state index is 0.758. The average molecular weight is 156 g/mol. The summed E-state index contributed by atoms with van der Waals surface area (Å²) in [6.07, 6.45) is 1.33. The van der Waals surface area contributed by atoms with E-state index in [1.807, 2.05) is 0 Å². The van der Waals surface area contributed by atoms with Crippen LogP contribution in [0.2, 0.25) is 0 Å². The molecule has 2 heteroatoms. The van der Waals surface area contributed by atoms with Crippen molar-refractivity contribution in [1.29, 1.82) is 0 Å². The van der Waals surface area contributed by atoms with E-state index in [0.717, 1.165) is 18.5 Å². The van der Waals surface area contributed by atoms with Crippen LogP contribution in [0.3, 0.4) is 0 Å². The number of likely N-dealkylation sites (N-methyl/N-ethyl adjacent to an activating group) is 1. The van der Waals surface area contributed by atoms with Gasteiger partial charge >= 0.3 is 0 Å². The second-order valence-electron chi connectivity index (χ2n) is 3.61. The van der Waals surface area contributed by atoms with Crippen molar-refractivity contribution >= 4 is 0 Å². The van der Waals surface area contributed by atoms with Crippen molar-refractivity contribution in [3.63, 3.8) is 0 Å². The Balaban J connectivity index is 2.40. The summed E-state index contributed by atoms with van der Waals surface area (Å²) in [5, 5.41) is 3.44. The first-order valence-electron chi connectivity index (χ1n) is 4.66. The lowest BCUT2D eigenvalue weighted by Crippen LogP contribution is -2.48. The molecule has 2 nitrogen and oxygen atoms in total. The molecular formula is C9H20N2. The van der Waals surface area contributed by atoms with Gasteiger partial charge in [0.05, 0.1) is 0 Å². The Kier molecular flexibility index (Phi) is 3.34. The van der Waals surface area contributed by atoms with E-state index in [0.29, 0.717) is 0 Å². The summed E-state index contributed by atoms with van der Waals surface area (Å²) in [5.41, 5.74) is 0. The number of hydrogen-bond donors (Lipinski definition) is 1. The maximum absolute atomic E-state index is 3.44. The normalized spacial score (nSPS) is 32.7. The van der Waals surface area contributed by atoms with Crippen molar-refractivity contribution in [2.75, 3.05) is 26.7 Å². The van der Waals surface area contributed by atoms with Crippen LogP contribution in [-0.2, 0) is 0 Å². The Bertz CT molecular complexity index is 110. The number of nitrogens with one attached hydrogen (secondary N) is 1. The van der Waals surface area contributed by atoms with Gasteiger partial charge in [0, 0.05) is 12.6 Å². The molecule has 0 aromatic carbocycles. The van der Waals surface area contributed by atoms with Gasteiger partial charge in [0.2, 0.25) is 0 Å². The molecule has 2 atom stereocenters. The Morgan fingerprint density at radius 2 is 2.27 bits per heavy atom. The second kappa shape index (κ2) is 4.07. The van der Waals surface area contributed by atoms with Crippen LogP contribution in [0.25, 0.3) is 0 Å². The second-order valence-corrected chi connectivity index (χ2v) is 3.61. The van der Waals surface area contributed by atoms with Gasteiger partial charge in [0.15, 0.2) is 0 Å². The van der Waals surface area contributed by atoms with Gasteiger partial charge in [-0.1, -0.05) is 13.8 Å². The van der Waals surface area contributed by atoms with Gasteiger partial charge in [0.1, 0.15) is 0 Å². The first-order valence-corrected chi connectivity index (χ1v) is 4.66. The quantitative estimate of drug-likeness (QED) is 0.640. The lowest BCUT2D eigenvalue weighted by molar-refractivity contribution is 0.158. The Hall–Kier alpha value is -0.0800. The lowest BCUT2D eigenvalue weighted by Gasteiger charge is -2.36. The molecule has 0 amide bonds. The van der Waals surface area contributed by atoms with Crippen LogP contribution < -0.4 is 5.32 Å². The molecule has 0 aliphatic carbocycles. The minimum Gasteiger partial charge on any atom is -0.315 e. The highest BCUT2D eigenvalue weighted by Crippen LogP contribution is 2.15. The van der Waals surface area contributed by atoms with Crippen LogP contribution in [0.4, 0.5) is 0 Å². The molecule has 0 bridgehead atoms. The van der Waals surface area contributed by atoms with Crippen LogP contribution in [0, 0.1) is 5.92 Å². The van der Waals surface area contributed by atoms with Crippen LogP contribution in [0.15, 0.2) is 0 Å². The Labute approximate surface area is 70.0 Å². The van der Waals surface area contributed by atoms with Crippen LogP contribution in [0.1, 0.15) is 20.3 Å². The van der Waals surface area contributed by atoms with Gasteiger partial charge < -0.3 is 10.2 Å². The molecule has 0 spiro atoms. The number of nitrogens with zero attached hydrogens (tertiary/aromatic N) is 1. The highest BCUT2D eigenvalue weighted by Gasteiger charge is 2.23. The fourth-order valence-corrected chi connectivity index (χ4v) is 1.80. The van der Waals surface area contributed by atoms with E-state index < -0.39 is 0 Å². The summed E-state index contributed by atoms with van der Waals surface area (Å²) in [6, 6.07) is 0.758. The van der Waals surface area contributed by atoms with E-state index in [4.69, 9.17) is 0 Å². The minimum absolute atomic E-state index is 0.758. The van der Waals surface area contributed by atoms with Crippen molar-refractivity contribution in [2.45, 2.75) is 26.3 Å². The third-order valence-corrected chi connectivity index (χ3v) is 2.85. The van der Waals surface area contributed by atoms with Crippen LogP contribution >= 0.6 is 0 Å². The van der Waals surface area contributed by atoms with E-state index in [-0.39, 0.29) is 0 Å². The summed E-state index contributed by atoms with van der Waals surface area (Å²) in [5.74, 6) is 0.862. The number of rotatable bonds is 2. The molecule has 0 aromatic rings. The summed E-state index contributed by atoms with van der Waals surface area (Å²) in [4.78, 5) is 2.44. The monoisotopic (exact) mass is 156 g/mol. The van der Waals surface area contributed by atoms with Gasteiger partial charge in [-0.15, -0.1) is 0 Å².